The molecule has 2 fully saturated rings. The van der Waals surface area contributed by atoms with Crippen molar-refractivity contribution in [1.82, 2.24) is 14.9 Å². The number of amides is 1. The van der Waals surface area contributed by atoms with Gasteiger partial charge in [0.15, 0.2) is 0 Å². The van der Waals surface area contributed by atoms with Crippen LogP contribution in [0.4, 0.5) is 5.82 Å². The molecule has 24 heavy (non-hydrogen) atoms. The molecule has 4 rings (SSSR count). The van der Waals surface area contributed by atoms with Gasteiger partial charge in [-0.2, -0.15) is 0 Å². The number of carbonyl (C=O) groups is 1. The Balaban J connectivity index is 1.38. The van der Waals surface area contributed by atoms with Crippen molar-refractivity contribution < 1.29 is 9.53 Å². The molecular weight excluding hydrogens is 324 g/mol. The number of hydrogen-bond acceptors (Lipinski definition) is 6. The van der Waals surface area contributed by atoms with Crippen LogP contribution in [0.25, 0.3) is 0 Å². The molecular formula is C17H20N4O2S. The third-order valence-electron chi connectivity index (χ3n) is 4.51. The van der Waals surface area contributed by atoms with E-state index in [1.807, 2.05) is 28.5 Å². The van der Waals surface area contributed by atoms with Gasteiger partial charge >= 0.3 is 0 Å². The molecule has 1 amide bonds. The first kappa shape index (κ1) is 15.4. The van der Waals surface area contributed by atoms with Crippen molar-refractivity contribution in [2.45, 2.75) is 25.4 Å². The largest absolute Gasteiger partial charge is 0.472 e. The van der Waals surface area contributed by atoms with E-state index < -0.39 is 0 Å². The molecule has 0 aromatic carbocycles. The minimum Gasteiger partial charge on any atom is -0.472 e. The summed E-state index contributed by atoms with van der Waals surface area (Å²) in [7, 11) is 0. The second-order valence-corrected chi connectivity index (χ2v) is 7.11. The molecule has 2 saturated heterocycles. The summed E-state index contributed by atoms with van der Waals surface area (Å²) in [6.45, 7) is 3.43. The average molecular weight is 344 g/mol. The van der Waals surface area contributed by atoms with Crippen molar-refractivity contribution in [1.29, 1.82) is 0 Å². The number of carbonyl (C=O) groups excluding carboxylic acids is 1. The van der Waals surface area contributed by atoms with E-state index in [4.69, 9.17) is 4.74 Å². The highest BCUT2D eigenvalue weighted by Gasteiger charge is 2.29. The highest BCUT2D eigenvalue weighted by molar-refractivity contribution is 7.12. The predicted molar refractivity (Wildman–Crippen MR) is 92.7 cm³/mol. The SMILES string of the molecule is O=C(c1cccs1)N1CC[C@H](Oc2cc(N3CCCC3)ncn2)C1. The first-order valence-corrected chi connectivity index (χ1v) is 9.24. The fraction of sp³-hybridized carbons (Fsp3) is 0.471. The summed E-state index contributed by atoms with van der Waals surface area (Å²) in [6, 6.07) is 5.69. The number of rotatable bonds is 4. The van der Waals surface area contributed by atoms with Crippen molar-refractivity contribution in [2.24, 2.45) is 0 Å². The molecule has 2 aliphatic rings. The molecule has 2 aliphatic heterocycles. The molecule has 2 aromatic heterocycles. The molecule has 0 spiro atoms. The van der Waals surface area contributed by atoms with Gasteiger partial charge in [-0.15, -0.1) is 11.3 Å². The fourth-order valence-electron chi connectivity index (χ4n) is 3.25. The molecule has 0 radical (unpaired) electrons. The maximum Gasteiger partial charge on any atom is 0.264 e. The molecule has 0 saturated carbocycles. The number of likely N-dealkylation sites (tertiary alicyclic amines) is 1. The van der Waals surface area contributed by atoms with Crippen LogP contribution in [0.1, 0.15) is 28.9 Å². The molecule has 0 N–H and O–H groups in total. The van der Waals surface area contributed by atoms with Gasteiger partial charge in [0.25, 0.3) is 5.91 Å². The number of nitrogens with zero attached hydrogens (tertiary/aromatic N) is 4. The zero-order valence-electron chi connectivity index (χ0n) is 13.4. The van der Waals surface area contributed by atoms with E-state index >= 15 is 0 Å². The zero-order chi connectivity index (χ0) is 16.4. The summed E-state index contributed by atoms with van der Waals surface area (Å²) in [5.74, 6) is 1.63. The lowest BCUT2D eigenvalue weighted by atomic mass is 10.3. The number of aromatic nitrogens is 2. The molecule has 1 atom stereocenters. The third-order valence-corrected chi connectivity index (χ3v) is 5.37. The molecule has 4 heterocycles. The molecule has 0 aliphatic carbocycles. The molecule has 0 unspecified atom stereocenters. The Morgan fingerprint density at radius 2 is 2.12 bits per heavy atom. The van der Waals surface area contributed by atoms with E-state index in [-0.39, 0.29) is 12.0 Å². The Bertz CT molecular complexity index is 700. The maximum absolute atomic E-state index is 12.4. The van der Waals surface area contributed by atoms with E-state index in [1.54, 1.807) is 6.33 Å². The first-order chi connectivity index (χ1) is 11.8. The van der Waals surface area contributed by atoms with Crippen LogP contribution >= 0.6 is 11.3 Å². The lowest BCUT2D eigenvalue weighted by Gasteiger charge is -2.18. The molecule has 0 bridgehead atoms. The topological polar surface area (TPSA) is 58.6 Å². The summed E-state index contributed by atoms with van der Waals surface area (Å²) >= 11 is 1.48. The van der Waals surface area contributed by atoms with Gasteiger partial charge in [0, 0.05) is 32.1 Å². The van der Waals surface area contributed by atoms with Gasteiger partial charge in [0.2, 0.25) is 5.88 Å². The predicted octanol–water partition coefficient (Wildman–Crippen LogP) is 2.43. The van der Waals surface area contributed by atoms with Crippen molar-refractivity contribution in [3.63, 3.8) is 0 Å². The summed E-state index contributed by atoms with van der Waals surface area (Å²) in [6.07, 6.45) is 4.81. The van der Waals surface area contributed by atoms with E-state index in [2.05, 4.69) is 14.9 Å². The Morgan fingerprint density at radius 3 is 2.92 bits per heavy atom. The smallest absolute Gasteiger partial charge is 0.264 e. The Morgan fingerprint density at radius 1 is 1.25 bits per heavy atom. The number of ether oxygens (including phenoxy) is 1. The van der Waals surface area contributed by atoms with Crippen LogP contribution in [-0.2, 0) is 0 Å². The van der Waals surface area contributed by atoms with Crippen LogP contribution in [0.5, 0.6) is 5.88 Å². The van der Waals surface area contributed by atoms with Crippen molar-refractivity contribution in [2.75, 3.05) is 31.1 Å². The lowest BCUT2D eigenvalue weighted by Crippen LogP contribution is -2.30. The van der Waals surface area contributed by atoms with E-state index in [1.165, 1.54) is 24.2 Å². The maximum atomic E-state index is 12.4. The molecule has 7 heteroatoms. The van der Waals surface area contributed by atoms with Gasteiger partial charge in [-0.05, 0) is 24.3 Å². The van der Waals surface area contributed by atoms with Crippen molar-refractivity contribution in [3.8, 4) is 5.88 Å². The Hall–Kier alpha value is -2.15. The van der Waals surface area contributed by atoms with Gasteiger partial charge in [0.05, 0.1) is 11.4 Å². The van der Waals surface area contributed by atoms with E-state index in [0.29, 0.717) is 12.4 Å². The van der Waals surface area contributed by atoms with Crippen LogP contribution in [0.15, 0.2) is 29.9 Å². The molecule has 126 valence electrons. The van der Waals surface area contributed by atoms with Crippen molar-refractivity contribution >= 4 is 23.1 Å². The number of hydrogen-bond donors (Lipinski definition) is 0. The van der Waals surface area contributed by atoms with Crippen LogP contribution in [0, 0.1) is 0 Å². The first-order valence-electron chi connectivity index (χ1n) is 8.36. The second-order valence-electron chi connectivity index (χ2n) is 6.17. The van der Waals surface area contributed by atoms with E-state index in [9.17, 15) is 4.79 Å². The van der Waals surface area contributed by atoms with Gasteiger partial charge in [-0.25, -0.2) is 9.97 Å². The quantitative estimate of drug-likeness (QED) is 0.853. The van der Waals surface area contributed by atoms with Crippen LogP contribution in [-0.4, -0.2) is 53.1 Å². The zero-order valence-corrected chi connectivity index (χ0v) is 14.2. The normalized spacial score (nSPS) is 20.6. The van der Waals surface area contributed by atoms with Gasteiger partial charge < -0.3 is 14.5 Å². The average Bonchev–Trinajstić information content (AvgIpc) is 3.36. The summed E-state index contributed by atoms with van der Waals surface area (Å²) < 4.78 is 6.01. The summed E-state index contributed by atoms with van der Waals surface area (Å²) in [5.41, 5.74) is 0. The number of anilines is 1. The summed E-state index contributed by atoms with van der Waals surface area (Å²) in [4.78, 5) is 25.9. The minimum absolute atomic E-state index is 0.00441. The Labute approximate surface area is 145 Å². The fourth-order valence-corrected chi connectivity index (χ4v) is 3.94. The third kappa shape index (κ3) is 3.21. The van der Waals surface area contributed by atoms with Gasteiger partial charge in [-0.3, -0.25) is 4.79 Å². The number of thiophene rings is 1. The highest BCUT2D eigenvalue weighted by Crippen LogP contribution is 2.23. The van der Waals surface area contributed by atoms with E-state index in [0.717, 1.165) is 36.8 Å². The lowest BCUT2D eigenvalue weighted by molar-refractivity contribution is 0.0776. The summed E-state index contributed by atoms with van der Waals surface area (Å²) in [5, 5.41) is 1.93. The van der Waals surface area contributed by atoms with Gasteiger partial charge in [-0.1, -0.05) is 6.07 Å². The highest BCUT2D eigenvalue weighted by atomic mass is 32.1. The van der Waals surface area contributed by atoms with Crippen LogP contribution in [0.2, 0.25) is 0 Å². The molecule has 6 nitrogen and oxygen atoms in total. The Kier molecular flexibility index (Phi) is 4.34. The van der Waals surface area contributed by atoms with Crippen LogP contribution in [0.3, 0.4) is 0 Å². The standard InChI is InChI=1S/C17H20N4O2S/c22-17(14-4-3-9-24-14)21-8-5-13(11-21)23-16-10-15(18-12-19-16)20-6-1-2-7-20/h3-4,9-10,12-13H,1-2,5-8,11H2/t13-/m0/s1. The minimum atomic E-state index is -0.00441. The van der Waals surface area contributed by atoms with Gasteiger partial charge in [0.1, 0.15) is 18.2 Å². The van der Waals surface area contributed by atoms with Crippen molar-refractivity contribution in [3.05, 3.63) is 34.8 Å². The molecule has 2 aromatic rings. The monoisotopic (exact) mass is 344 g/mol. The van der Waals surface area contributed by atoms with Crippen LogP contribution < -0.4 is 9.64 Å². The second kappa shape index (κ2) is 6.76.